The van der Waals surface area contributed by atoms with Crippen molar-refractivity contribution in [2.24, 2.45) is 0 Å². The van der Waals surface area contributed by atoms with Gasteiger partial charge in [0.1, 0.15) is 0 Å². The Kier molecular flexibility index (Phi) is 7.97. The highest BCUT2D eigenvalue weighted by Gasteiger charge is 2.35. The summed E-state index contributed by atoms with van der Waals surface area (Å²) in [5, 5.41) is 2.97. The molecular formula is C27H23ClN2O5S. The minimum absolute atomic E-state index is 0.142. The van der Waals surface area contributed by atoms with Crippen LogP contribution in [0.2, 0.25) is 5.02 Å². The first kappa shape index (κ1) is 25.3. The van der Waals surface area contributed by atoms with Gasteiger partial charge in [-0.1, -0.05) is 41.9 Å². The van der Waals surface area contributed by atoms with E-state index >= 15 is 0 Å². The number of amides is 3. The maximum atomic E-state index is 12.9. The van der Waals surface area contributed by atoms with Crippen molar-refractivity contribution in [3.8, 4) is 11.5 Å². The zero-order valence-corrected chi connectivity index (χ0v) is 21.2. The lowest BCUT2D eigenvalue weighted by atomic mass is 10.1. The first-order valence-electron chi connectivity index (χ1n) is 11.0. The fourth-order valence-electron chi connectivity index (χ4n) is 3.56. The summed E-state index contributed by atoms with van der Waals surface area (Å²) in [4.78, 5) is 39.1. The monoisotopic (exact) mass is 522 g/mol. The van der Waals surface area contributed by atoms with Crippen molar-refractivity contribution in [2.75, 3.05) is 19.0 Å². The van der Waals surface area contributed by atoms with Crippen LogP contribution in [-0.2, 0) is 16.1 Å². The summed E-state index contributed by atoms with van der Waals surface area (Å²) >= 11 is 6.89. The van der Waals surface area contributed by atoms with E-state index in [9.17, 15) is 14.4 Å². The molecule has 9 heteroatoms. The average Bonchev–Trinajstić information content (AvgIpc) is 3.10. The number of thioether (sulfide) groups is 1. The number of rotatable bonds is 8. The normalized spacial score (nSPS) is 14.3. The summed E-state index contributed by atoms with van der Waals surface area (Å²) in [6.45, 7) is 1.88. The Morgan fingerprint density at radius 1 is 1.06 bits per heavy atom. The molecule has 1 aliphatic rings. The lowest BCUT2D eigenvalue weighted by Crippen LogP contribution is -2.27. The number of hydrogen-bond donors (Lipinski definition) is 1. The van der Waals surface area contributed by atoms with E-state index in [1.165, 1.54) is 12.0 Å². The summed E-state index contributed by atoms with van der Waals surface area (Å²) in [6, 6.07) is 19.6. The van der Waals surface area contributed by atoms with Gasteiger partial charge in [0.25, 0.3) is 17.1 Å². The Hall–Kier alpha value is -3.75. The smallest absolute Gasteiger partial charge is 0.293 e. The van der Waals surface area contributed by atoms with E-state index in [1.807, 2.05) is 31.2 Å². The van der Waals surface area contributed by atoms with Crippen molar-refractivity contribution in [1.29, 1.82) is 0 Å². The number of anilines is 1. The second kappa shape index (κ2) is 11.3. The molecule has 1 aliphatic heterocycles. The Balaban J connectivity index is 1.42. The van der Waals surface area contributed by atoms with E-state index in [-0.39, 0.29) is 30.2 Å². The number of halogens is 1. The number of nitrogens with zero attached hydrogens (tertiary/aromatic N) is 1. The predicted molar refractivity (Wildman–Crippen MR) is 141 cm³/mol. The lowest BCUT2D eigenvalue weighted by Gasteiger charge is -2.13. The van der Waals surface area contributed by atoms with Crippen molar-refractivity contribution in [3.05, 3.63) is 93.3 Å². The fraction of sp³-hybridized carbons (Fsp3) is 0.148. The molecule has 0 unspecified atom stereocenters. The standard InChI is InChI=1S/C27H23ClN2O5S/c1-17-5-3-8-21(11-17)29-25(31)16-35-22-10-9-18(13-23(22)34-2)14-24-26(32)30(27(33)36-24)15-19-6-4-7-20(28)12-19/h3-14H,15-16H2,1-2H3,(H,29,31)/b24-14-. The molecule has 0 atom stereocenters. The third-order valence-electron chi connectivity index (χ3n) is 5.25. The van der Waals surface area contributed by atoms with Gasteiger partial charge in [-0.15, -0.1) is 0 Å². The largest absolute Gasteiger partial charge is 0.493 e. The zero-order valence-electron chi connectivity index (χ0n) is 19.6. The molecule has 4 rings (SSSR count). The first-order chi connectivity index (χ1) is 17.3. The van der Waals surface area contributed by atoms with Crippen LogP contribution in [0, 0.1) is 6.92 Å². The molecule has 3 amide bonds. The molecule has 0 saturated carbocycles. The van der Waals surface area contributed by atoms with Crippen molar-refractivity contribution in [3.63, 3.8) is 0 Å². The molecule has 7 nitrogen and oxygen atoms in total. The predicted octanol–water partition coefficient (Wildman–Crippen LogP) is 5.91. The molecule has 1 heterocycles. The van der Waals surface area contributed by atoms with Crippen molar-refractivity contribution in [1.82, 2.24) is 4.90 Å². The van der Waals surface area contributed by atoms with Crippen LogP contribution in [0.4, 0.5) is 10.5 Å². The van der Waals surface area contributed by atoms with Gasteiger partial charge < -0.3 is 14.8 Å². The van der Waals surface area contributed by atoms with E-state index in [4.69, 9.17) is 21.1 Å². The zero-order chi connectivity index (χ0) is 25.7. The third kappa shape index (κ3) is 6.27. The molecule has 0 spiro atoms. The van der Waals surface area contributed by atoms with Crippen LogP contribution in [0.15, 0.2) is 71.6 Å². The van der Waals surface area contributed by atoms with Gasteiger partial charge in [0.05, 0.1) is 18.6 Å². The third-order valence-corrected chi connectivity index (χ3v) is 6.39. The first-order valence-corrected chi connectivity index (χ1v) is 12.2. The van der Waals surface area contributed by atoms with Crippen LogP contribution in [0.25, 0.3) is 6.08 Å². The Bertz CT molecular complexity index is 1360. The molecule has 36 heavy (non-hydrogen) atoms. The molecule has 0 radical (unpaired) electrons. The van der Waals surface area contributed by atoms with Crippen LogP contribution in [0.3, 0.4) is 0 Å². The molecule has 184 valence electrons. The van der Waals surface area contributed by atoms with Gasteiger partial charge in [-0.3, -0.25) is 19.3 Å². The van der Waals surface area contributed by atoms with Gasteiger partial charge in [-0.2, -0.15) is 0 Å². The second-order valence-electron chi connectivity index (χ2n) is 8.01. The molecule has 1 N–H and O–H groups in total. The Labute approximate surface area is 218 Å². The molecule has 3 aromatic carbocycles. The summed E-state index contributed by atoms with van der Waals surface area (Å²) in [5.41, 5.74) is 3.14. The quantitative estimate of drug-likeness (QED) is 0.370. The molecule has 0 aliphatic carbocycles. The SMILES string of the molecule is COc1cc(/C=C2\SC(=O)N(Cc3cccc(Cl)c3)C2=O)ccc1OCC(=O)Nc1cccc(C)c1. The topological polar surface area (TPSA) is 84.9 Å². The van der Waals surface area contributed by atoms with E-state index < -0.39 is 0 Å². The van der Waals surface area contributed by atoms with E-state index in [1.54, 1.807) is 48.5 Å². The maximum absolute atomic E-state index is 12.9. The van der Waals surface area contributed by atoms with Crippen molar-refractivity contribution < 1.29 is 23.9 Å². The van der Waals surface area contributed by atoms with Crippen LogP contribution in [0.5, 0.6) is 11.5 Å². The minimum Gasteiger partial charge on any atom is -0.493 e. The van der Waals surface area contributed by atoms with E-state index in [0.29, 0.717) is 32.7 Å². The number of carbonyl (C=O) groups excluding carboxylic acids is 3. The van der Waals surface area contributed by atoms with Gasteiger partial charge in [0, 0.05) is 10.7 Å². The average molecular weight is 523 g/mol. The van der Waals surface area contributed by atoms with Crippen LogP contribution < -0.4 is 14.8 Å². The summed E-state index contributed by atoms with van der Waals surface area (Å²) in [7, 11) is 1.48. The fourth-order valence-corrected chi connectivity index (χ4v) is 4.61. The number of hydrogen-bond acceptors (Lipinski definition) is 6. The molecule has 0 aromatic heterocycles. The van der Waals surface area contributed by atoms with Crippen LogP contribution in [-0.4, -0.2) is 35.7 Å². The van der Waals surface area contributed by atoms with Crippen molar-refractivity contribution >= 4 is 52.2 Å². The summed E-state index contributed by atoms with van der Waals surface area (Å²) < 4.78 is 11.1. The van der Waals surface area contributed by atoms with Gasteiger partial charge in [0.2, 0.25) is 0 Å². The number of ether oxygens (including phenoxy) is 2. The highest BCUT2D eigenvalue weighted by Crippen LogP contribution is 2.35. The van der Waals surface area contributed by atoms with Crippen molar-refractivity contribution in [2.45, 2.75) is 13.5 Å². The Morgan fingerprint density at radius 2 is 1.86 bits per heavy atom. The van der Waals surface area contributed by atoms with Gasteiger partial charge >= 0.3 is 0 Å². The summed E-state index contributed by atoms with van der Waals surface area (Å²) in [5.74, 6) is 0.0885. The van der Waals surface area contributed by atoms with E-state index in [0.717, 1.165) is 22.9 Å². The van der Waals surface area contributed by atoms with Crippen LogP contribution in [0.1, 0.15) is 16.7 Å². The van der Waals surface area contributed by atoms with E-state index in [2.05, 4.69) is 5.32 Å². The molecule has 1 saturated heterocycles. The minimum atomic E-state index is -0.378. The highest BCUT2D eigenvalue weighted by molar-refractivity contribution is 8.18. The summed E-state index contributed by atoms with van der Waals surface area (Å²) in [6.07, 6.45) is 1.62. The maximum Gasteiger partial charge on any atom is 0.293 e. The number of carbonyl (C=O) groups is 3. The number of methoxy groups -OCH3 is 1. The Morgan fingerprint density at radius 3 is 2.61 bits per heavy atom. The van der Waals surface area contributed by atoms with Gasteiger partial charge in [0.15, 0.2) is 18.1 Å². The molecule has 0 bridgehead atoms. The molecule has 1 fully saturated rings. The number of imide groups is 1. The second-order valence-corrected chi connectivity index (χ2v) is 9.44. The number of aryl methyl sites for hydroxylation is 1. The highest BCUT2D eigenvalue weighted by atomic mass is 35.5. The lowest BCUT2D eigenvalue weighted by molar-refractivity contribution is -0.123. The number of nitrogens with one attached hydrogen (secondary N) is 1. The van der Waals surface area contributed by atoms with Gasteiger partial charge in [-0.25, -0.2) is 0 Å². The molecule has 3 aromatic rings. The number of benzene rings is 3. The van der Waals surface area contributed by atoms with Crippen LogP contribution >= 0.6 is 23.4 Å². The van der Waals surface area contributed by atoms with Gasteiger partial charge in [-0.05, 0) is 77.9 Å². The molecular weight excluding hydrogens is 500 g/mol.